The average molecular weight is 150 g/mol. The number of fused-ring (bicyclic) bond motifs is 1. The Labute approximate surface area is 65.3 Å². The summed E-state index contributed by atoms with van der Waals surface area (Å²) in [6.07, 6.45) is 8.21. The van der Waals surface area contributed by atoms with Crippen molar-refractivity contribution in [2.75, 3.05) is 0 Å². The lowest BCUT2D eigenvalue weighted by molar-refractivity contribution is -0.119. The number of hydrogen-bond acceptors (Lipinski definition) is 2. The minimum atomic E-state index is -0.302. The van der Waals surface area contributed by atoms with Crippen LogP contribution >= 0.6 is 0 Å². The molecule has 0 aliphatic heterocycles. The number of rotatable bonds is 2. The third-order valence-corrected chi connectivity index (χ3v) is 3.08. The van der Waals surface area contributed by atoms with E-state index in [4.69, 9.17) is 0 Å². The molecule has 0 aromatic rings. The van der Waals surface area contributed by atoms with Crippen LogP contribution in [0.15, 0.2) is 12.2 Å². The van der Waals surface area contributed by atoms with Crippen LogP contribution < -0.4 is 0 Å². The molecule has 0 heterocycles. The van der Waals surface area contributed by atoms with E-state index >= 15 is 0 Å². The fourth-order valence-corrected chi connectivity index (χ4v) is 2.07. The van der Waals surface area contributed by atoms with Gasteiger partial charge < -0.3 is 9.59 Å². The zero-order valence-electron chi connectivity index (χ0n) is 6.25. The zero-order valence-corrected chi connectivity index (χ0v) is 6.25. The molecule has 2 aliphatic rings. The Morgan fingerprint density at radius 2 is 1.45 bits per heavy atom. The van der Waals surface area contributed by atoms with Crippen LogP contribution in [0.1, 0.15) is 19.3 Å². The van der Waals surface area contributed by atoms with E-state index in [2.05, 4.69) is 0 Å². The van der Waals surface area contributed by atoms with Gasteiger partial charge in [0.2, 0.25) is 0 Å². The molecule has 0 saturated heterocycles. The number of carbonyl (C=O) groups is 2. The smallest absolute Gasteiger partial charge is 0.127 e. The van der Waals surface area contributed by atoms with Crippen molar-refractivity contribution in [3.63, 3.8) is 0 Å². The van der Waals surface area contributed by atoms with Gasteiger partial charge in [-0.2, -0.15) is 0 Å². The quantitative estimate of drug-likeness (QED) is 0.436. The number of allylic oxidation sites excluding steroid dienone is 2. The molecular formula is C9H10O2. The molecule has 0 spiro atoms. The van der Waals surface area contributed by atoms with Crippen LogP contribution in [0.3, 0.4) is 0 Å². The van der Waals surface area contributed by atoms with Crippen molar-refractivity contribution in [3.8, 4) is 0 Å². The van der Waals surface area contributed by atoms with E-state index in [0.717, 1.165) is 31.8 Å². The summed E-state index contributed by atoms with van der Waals surface area (Å²) in [4.78, 5) is 21.4. The van der Waals surface area contributed by atoms with E-state index in [1.165, 1.54) is 0 Å². The van der Waals surface area contributed by atoms with Crippen molar-refractivity contribution in [1.29, 1.82) is 0 Å². The van der Waals surface area contributed by atoms with Gasteiger partial charge in [-0.1, -0.05) is 12.2 Å². The first kappa shape index (κ1) is 6.77. The largest absolute Gasteiger partial charge is 0.303 e. The van der Waals surface area contributed by atoms with Gasteiger partial charge in [0, 0.05) is 10.8 Å². The molecule has 2 nitrogen and oxygen atoms in total. The molecule has 0 amide bonds. The van der Waals surface area contributed by atoms with Crippen LogP contribution in [-0.4, -0.2) is 12.6 Å². The zero-order chi connectivity index (χ0) is 7.95. The van der Waals surface area contributed by atoms with E-state index in [-0.39, 0.29) is 10.8 Å². The summed E-state index contributed by atoms with van der Waals surface area (Å²) < 4.78 is 0. The summed E-state index contributed by atoms with van der Waals surface area (Å²) in [7, 11) is 0. The lowest BCUT2D eigenvalue weighted by Crippen LogP contribution is -2.18. The van der Waals surface area contributed by atoms with Crippen molar-refractivity contribution >= 4 is 12.6 Å². The minimum Gasteiger partial charge on any atom is -0.303 e. The van der Waals surface area contributed by atoms with Gasteiger partial charge in [-0.05, 0) is 19.3 Å². The van der Waals surface area contributed by atoms with Crippen LogP contribution in [0, 0.1) is 10.8 Å². The second-order valence-electron chi connectivity index (χ2n) is 3.60. The van der Waals surface area contributed by atoms with Gasteiger partial charge in [-0.25, -0.2) is 0 Å². The number of carbonyl (C=O) groups excluding carboxylic acids is 2. The third kappa shape index (κ3) is 0.621. The first-order valence-corrected chi connectivity index (χ1v) is 3.86. The summed E-state index contributed by atoms with van der Waals surface area (Å²) in [5, 5.41) is 0. The first-order valence-electron chi connectivity index (χ1n) is 3.86. The molecule has 11 heavy (non-hydrogen) atoms. The molecule has 2 atom stereocenters. The van der Waals surface area contributed by atoms with E-state index in [1.807, 2.05) is 12.2 Å². The predicted octanol–water partition coefficient (Wildman–Crippen LogP) is 1.11. The molecule has 0 bridgehead atoms. The molecule has 1 fully saturated rings. The Balaban J connectivity index is 2.34. The summed E-state index contributed by atoms with van der Waals surface area (Å²) in [5.74, 6) is 0. The Morgan fingerprint density at radius 3 is 1.82 bits per heavy atom. The van der Waals surface area contributed by atoms with E-state index < -0.39 is 0 Å². The van der Waals surface area contributed by atoms with Crippen LogP contribution in [0.25, 0.3) is 0 Å². The topological polar surface area (TPSA) is 34.1 Å². The van der Waals surface area contributed by atoms with E-state index in [9.17, 15) is 9.59 Å². The van der Waals surface area contributed by atoms with Crippen LogP contribution in [0.4, 0.5) is 0 Å². The molecule has 0 aromatic carbocycles. The maximum Gasteiger partial charge on any atom is 0.127 e. The fourth-order valence-electron chi connectivity index (χ4n) is 2.07. The first-order chi connectivity index (χ1) is 5.29. The molecule has 0 radical (unpaired) electrons. The highest BCUT2D eigenvalue weighted by Gasteiger charge is 2.67. The van der Waals surface area contributed by atoms with E-state index in [1.54, 1.807) is 0 Å². The van der Waals surface area contributed by atoms with Gasteiger partial charge in [0.15, 0.2) is 0 Å². The average Bonchev–Trinajstić information content (AvgIpc) is 2.75. The molecular weight excluding hydrogens is 140 g/mol. The highest BCUT2D eigenvalue weighted by atomic mass is 16.1. The molecule has 0 unspecified atom stereocenters. The van der Waals surface area contributed by atoms with E-state index in [0.29, 0.717) is 0 Å². The standard InChI is InChI=1S/C9H10O2/c10-6-8-3-1-2-4-9(8,5-8)7-11/h1-2,6-7H,3-5H2/t8-,9+. The van der Waals surface area contributed by atoms with Gasteiger partial charge in [0.1, 0.15) is 12.6 Å². The second kappa shape index (κ2) is 1.81. The van der Waals surface area contributed by atoms with Gasteiger partial charge in [0.25, 0.3) is 0 Å². The monoisotopic (exact) mass is 150 g/mol. The Morgan fingerprint density at radius 1 is 1.00 bits per heavy atom. The Hall–Kier alpha value is -0.920. The van der Waals surface area contributed by atoms with Gasteiger partial charge in [-0.3, -0.25) is 0 Å². The lowest BCUT2D eigenvalue weighted by atomic mass is 9.85. The Kier molecular flexibility index (Phi) is 1.12. The predicted molar refractivity (Wildman–Crippen MR) is 40.0 cm³/mol. The fraction of sp³-hybridized carbons (Fsp3) is 0.556. The highest BCUT2D eigenvalue weighted by molar-refractivity contribution is 5.81. The normalized spacial score (nSPS) is 46.2. The van der Waals surface area contributed by atoms with Crippen molar-refractivity contribution in [2.45, 2.75) is 19.3 Å². The molecule has 2 heteroatoms. The molecule has 0 N–H and O–H groups in total. The maximum absolute atomic E-state index is 10.7. The maximum atomic E-state index is 10.7. The van der Waals surface area contributed by atoms with Crippen LogP contribution in [0.5, 0.6) is 0 Å². The second-order valence-corrected chi connectivity index (χ2v) is 3.60. The van der Waals surface area contributed by atoms with Crippen molar-refractivity contribution in [1.82, 2.24) is 0 Å². The number of hydrogen-bond donors (Lipinski definition) is 0. The minimum absolute atomic E-state index is 0.302. The van der Waals surface area contributed by atoms with Gasteiger partial charge in [-0.15, -0.1) is 0 Å². The van der Waals surface area contributed by atoms with Crippen molar-refractivity contribution < 1.29 is 9.59 Å². The van der Waals surface area contributed by atoms with Crippen LogP contribution in [-0.2, 0) is 9.59 Å². The highest BCUT2D eigenvalue weighted by Crippen LogP contribution is 2.67. The van der Waals surface area contributed by atoms with Gasteiger partial charge in [0.05, 0.1) is 0 Å². The molecule has 58 valence electrons. The summed E-state index contributed by atoms with van der Waals surface area (Å²) >= 11 is 0. The summed E-state index contributed by atoms with van der Waals surface area (Å²) in [5.41, 5.74) is -0.604. The lowest BCUT2D eigenvalue weighted by Gasteiger charge is -2.16. The van der Waals surface area contributed by atoms with Gasteiger partial charge >= 0.3 is 0 Å². The number of aldehydes is 2. The molecule has 2 rings (SSSR count). The molecule has 2 aliphatic carbocycles. The van der Waals surface area contributed by atoms with Crippen molar-refractivity contribution in [3.05, 3.63) is 12.2 Å². The SMILES string of the molecule is O=C[C@@]12CC=CC[C@]1(C=O)C2. The Bertz CT molecular complexity index is 220. The third-order valence-electron chi connectivity index (χ3n) is 3.08. The van der Waals surface area contributed by atoms with Crippen LogP contribution in [0.2, 0.25) is 0 Å². The summed E-state index contributed by atoms with van der Waals surface area (Å²) in [6, 6.07) is 0. The molecule has 1 saturated carbocycles. The van der Waals surface area contributed by atoms with Crippen molar-refractivity contribution in [2.24, 2.45) is 10.8 Å². The molecule has 0 aromatic heterocycles. The summed E-state index contributed by atoms with van der Waals surface area (Å²) in [6.45, 7) is 0.